The minimum Gasteiger partial charge on any atom is -0.356 e. The number of fused-ring (bicyclic) bond motifs is 2. The minimum absolute atomic E-state index is 0.0926. The van der Waals surface area contributed by atoms with E-state index in [-0.39, 0.29) is 30.7 Å². The Morgan fingerprint density at radius 2 is 1.93 bits per heavy atom. The van der Waals surface area contributed by atoms with Gasteiger partial charge in [0.05, 0.1) is 11.1 Å². The number of carbonyl (C=O) groups is 3. The molecule has 0 unspecified atom stereocenters. The summed E-state index contributed by atoms with van der Waals surface area (Å²) in [4.78, 5) is 38.2. The smallest absolute Gasteiger partial charge is 0.261 e. The van der Waals surface area contributed by atoms with Gasteiger partial charge in [-0.2, -0.15) is 0 Å². The molecule has 0 bridgehead atoms. The van der Waals surface area contributed by atoms with Crippen molar-refractivity contribution in [1.29, 1.82) is 0 Å². The number of aryl methyl sites for hydroxylation is 1. The lowest BCUT2D eigenvalue weighted by Gasteiger charge is -2.13. The van der Waals surface area contributed by atoms with Crippen LogP contribution in [0.2, 0.25) is 0 Å². The van der Waals surface area contributed by atoms with E-state index in [1.54, 1.807) is 18.2 Å². The Morgan fingerprint density at radius 1 is 1.10 bits per heavy atom. The molecule has 0 aliphatic carbocycles. The first-order valence-electron chi connectivity index (χ1n) is 10.4. The van der Waals surface area contributed by atoms with Gasteiger partial charge in [-0.05, 0) is 37.5 Å². The highest BCUT2D eigenvalue weighted by atomic mass is 79.9. The zero-order valence-corrected chi connectivity index (χ0v) is 18.3. The molecule has 1 N–H and O–H groups in total. The zero-order chi connectivity index (χ0) is 21.1. The van der Waals surface area contributed by atoms with Gasteiger partial charge in [0.2, 0.25) is 5.91 Å². The SMILES string of the molecule is O=C(CCCN1C(=O)c2ccc(Br)cc2C1=O)NCCc1nnc2n1CCCCC2. The Balaban J connectivity index is 1.21. The number of aromatic nitrogens is 3. The fraction of sp³-hybridized carbons (Fsp3) is 0.476. The third-order valence-corrected chi connectivity index (χ3v) is 6.07. The normalized spacial score (nSPS) is 15.7. The molecule has 158 valence electrons. The van der Waals surface area contributed by atoms with E-state index in [1.165, 1.54) is 11.3 Å². The van der Waals surface area contributed by atoms with Crippen LogP contribution in [0.15, 0.2) is 22.7 Å². The fourth-order valence-electron chi connectivity index (χ4n) is 4.00. The van der Waals surface area contributed by atoms with Gasteiger partial charge in [-0.25, -0.2) is 0 Å². The van der Waals surface area contributed by atoms with Crippen LogP contribution in [0.3, 0.4) is 0 Å². The van der Waals surface area contributed by atoms with Crippen LogP contribution in [-0.2, 0) is 24.2 Å². The van der Waals surface area contributed by atoms with E-state index >= 15 is 0 Å². The maximum Gasteiger partial charge on any atom is 0.261 e. The van der Waals surface area contributed by atoms with E-state index in [0.717, 1.165) is 41.9 Å². The van der Waals surface area contributed by atoms with Gasteiger partial charge >= 0.3 is 0 Å². The maximum absolute atomic E-state index is 12.4. The molecular formula is C21H24BrN5O3. The monoisotopic (exact) mass is 473 g/mol. The predicted molar refractivity (Wildman–Crippen MR) is 113 cm³/mol. The summed E-state index contributed by atoms with van der Waals surface area (Å²) < 4.78 is 2.94. The summed E-state index contributed by atoms with van der Waals surface area (Å²) in [5.74, 6) is 1.27. The van der Waals surface area contributed by atoms with Crippen LogP contribution in [0.5, 0.6) is 0 Å². The lowest BCUT2D eigenvalue weighted by molar-refractivity contribution is -0.121. The molecule has 8 nitrogen and oxygen atoms in total. The molecule has 0 atom stereocenters. The van der Waals surface area contributed by atoms with Crippen molar-refractivity contribution in [1.82, 2.24) is 25.0 Å². The van der Waals surface area contributed by atoms with Crippen LogP contribution in [0.1, 0.15) is 64.5 Å². The Labute approximate surface area is 183 Å². The molecule has 2 aromatic rings. The Kier molecular flexibility index (Phi) is 6.26. The molecule has 4 rings (SSSR count). The van der Waals surface area contributed by atoms with E-state index < -0.39 is 0 Å². The summed E-state index contributed by atoms with van der Waals surface area (Å²) in [6.07, 6.45) is 5.80. The molecule has 2 aliphatic heterocycles. The van der Waals surface area contributed by atoms with Gasteiger partial charge in [0.25, 0.3) is 11.8 Å². The highest BCUT2D eigenvalue weighted by Gasteiger charge is 2.35. The lowest BCUT2D eigenvalue weighted by Crippen LogP contribution is -2.32. The first-order valence-corrected chi connectivity index (χ1v) is 11.2. The van der Waals surface area contributed by atoms with Crippen molar-refractivity contribution in [2.24, 2.45) is 0 Å². The molecule has 3 amide bonds. The molecular weight excluding hydrogens is 450 g/mol. The Morgan fingerprint density at radius 3 is 2.80 bits per heavy atom. The molecule has 0 fully saturated rings. The molecule has 2 aliphatic rings. The molecule has 9 heteroatoms. The average Bonchev–Trinajstić information content (AvgIpc) is 3.09. The molecule has 3 heterocycles. The highest BCUT2D eigenvalue weighted by molar-refractivity contribution is 9.10. The van der Waals surface area contributed by atoms with E-state index in [9.17, 15) is 14.4 Å². The van der Waals surface area contributed by atoms with Crippen molar-refractivity contribution in [2.75, 3.05) is 13.1 Å². The highest BCUT2D eigenvalue weighted by Crippen LogP contribution is 2.26. The van der Waals surface area contributed by atoms with Crippen molar-refractivity contribution in [3.63, 3.8) is 0 Å². The van der Waals surface area contributed by atoms with Crippen molar-refractivity contribution in [3.05, 3.63) is 45.4 Å². The third kappa shape index (κ3) is 4.30. The number of benzene rings is 1. The average molecular weight is 474 g/mol. The van der Waals surface area contributed by atoms with Gasteiger partial charge < -0.3 is 9.88 Å². The van der Waals surface area contributed by atoms with Crippen molar-refractivity contribution in [2.45, 2.75) is 51.5 Å². The van der Waals surface area contributed by atoms with Gasteiger partial charge in [-0.1, -0.05) is 22.4 Å². The summed E-state index contributed by atoms with van der Waals surface area (Å²) in [5.41, 5.74) is 0.825. The molecule has 1 aromatic carbocycles. The molecule has 0 spiro atoms. The largest absolute Gasteiger partial charge is 0.356 e. The second kappa shape index (κ2) is 9.07. The van der Waals surface area contributed by atoms with E-state index in [1.807, 2.05) is 0 Å². The molecule has 30 heavy (non-hydrogen) atoms. The number of hydrogen-bond donors (Lipinski definition) is 1. The number of carbonyl (C=O) groups excluding carboxylic acids is 3. The number of nitrogens with zero attached hydrogens (tertiary/aromatic N) is 4. The van der Waals surface area contributed by atoms with E-state index in [4.69, 9.17) is 0 Å². The summed E-state index contributed by atoms with van der Waals surface area (Å²) >= 11 is 3.32. The van der Waals surface area contributed by atoms with Crippen LogP contribution < -0.4 is 5.32 Å². The first-order chi connectivity index (χ1) is 14.5. The number of imide groups is 1. The second-order valence-electron chi connectivity index (χ2n) is 7.65. The number of amides is 3. The fourth-order valence-corrected chi connectivity index (χ4v) is 4.36. The van der Waals surface area contributed by atoms with Crippen LogP contribution in [-0.4, -0.2) is 50.5 Å². The summed E-state index contributed by atoms with van der Waals surface area (Å²) in [5, 5.41) is 11.4. The van der Waals surface area contributed by atoms with Crippen LogP contribution in [0, 0.1) is 0 Å². The van der Waals surface area contributed by atoms with Crippen molar-refractivity contribution < 1.29 is 14.4 Å². The van der Waals surface area contributed by atoms with Crippen LogP contribution in [0.25, 0.3) is 0 Å². The molecule has 0 saturated heterocycles. The molecule has 1 aromatic heterocycles. The Bertz CT molecular complexity index is 987. The van der Waals surface area contributed by atoms with Crippen LogP contribution >= 0.6 is 15.9 Å². The third-order valence-electron chi connectivity index (χ3n) is 5.58. The number of nitrogens with one attached hydrogen (secondary N) is 1. The lowest BCUT2D eigenvalue weighted by atomic mass is 10.1. The first kappa shape index (κ1) is 20.7. The second-order valence-corrected chi connectivity index (χ2v) is 8.57. The van der Waals surface area contributed by atoms with Crippen LogP contribution in [0.4, 0.5) is 0 Å². The zero-order valence-electron chi connectivity index (χ0n) is 16.7. The standard InChI is InChI=1S/C21H24BrN5O3/c22-14-7-8-15-16(13-14)21(30)27(20(15)29)12-4-6-19(28)23-10-9-18-25-24-17-5-2-1-3-11-26(17)18/h7-8,13H,1-6,9-12H2,(H,23,28). The topological polar surface area (TPSA) is 97.2 Å². The van der Waals surface area contributed by atoms with E-state index in [2.05, 4.69) is 36.0 Å². The Hall–Kier alpha value is -2.55. The molecule has 0 radical (unpaired) electrons. The van der Waals surface area contributed by atoms with Gasteiger partial charge in [0, 0.05) is 43.4 Å². The minimum atomic E-state index is -0.302. The van der Waals surface area contributed by atoms with Crippen molar-refractivity contribution in [3.8, 4) is 0 Å². The molecule has 0 saturated carbocycles. The van der Waals surface area contributed by atoms with Gasteiger partial charge in [-0.3, -0.25) is 19.3 Å². The van der Waals surface area contributed by atoms with Gasteiger partial charge in [-0.15, -0.1) is 10.2 Å². The number of hydrogen-bond acceptors (Lipinski definition) is 5. The predicted octanol–water partition coefficient (Wildman–Crippen LogP) is 2.50. The van der Waals surface area contributed by atoms with Gasteiger partial charge in [0.15, 0.2) is 0 Å². The number of rotatable bonds is 7. The number of halogens is 1. The van der Waals surface area contributed by atoms with Crippen molar-refractivity contribution >= 4 is 33.7 Å². The maximum atomic E-state index is 12.4. The van der Waals surface area contributed by atoms with E-state index in [0.29, 0.717) is 30.5 Å². The van der Waals surface area contributed by atoms with Gasteiger partial charge in [0.1, 0.15) is 11.6 Å². The quantitative estimate of drug-likeness (QED) is 0.622. The summed E-state index contributed by atoms with van der Waals surface area (Å²) in [6, 6.07) is 5.06. The summed E-state index contributed by atoms with van der Waals surface area (Å²) in [7, 11) is 0. The summed E-state index contributed by atoms with van der Waals surface area (Å²) in [6.45, 7) is 1.68.